The number of anilines is 1. The zero-order valence-electron chi connectivity index (χ0n) is 18.7. The van der Waals surface area contributed by atoms with Crippen molar-refractivity contribution >= 4 is 35.3 Å². The Kier molecular flexibility index (Phi) is 8.81. The maximum atomic E-state index is 13.7. The van der Waals surface area contributed by atoms with Crippen molar-refractivity contribution in [1.82, 2.24) is 5.32 Å². The second-order valence-corrected chi connectivity index (χ2v) is 8.81. The summed E-state index contributed by atoms with van der Waals surface area (Å²) in [5.41, 5.74) is 0.900. The monoisotopic (exact) mass is 490 g/mol. The number of aliphatic hydroxyl groups excluding tert-OH is 3. The SMILES string of the molecule is COC(C(=O)N[C@H]1CSc2ccccc2N(C)C1=O)C(O)C(O)C(O)C=Cc1ccccc1F. The lowest BCUT2D eigenvalue weighted by Crippen LogP contribution is -2.56. The van der Waals surface area contributed by atoms with Crippen LogP contribution in [0.3, 0.4) is 0 Å². The number of aliphatic hydroxyl groups is 3. The van der Waals surface area contributed by atoms with E-state index >= 15 is 0 Å². The van der Waals surface area contributed by atoms with Crippen LogP contribution < -0.4 is 10.2 Å². The van der Waals surface area contributed by atoms with Gasteiger partial charge in [-0.25, -0.2) is 4.39 Å². The largest absolute Gasteiger partial charge is 0.387 e. The Balaban J connectivity index is 1.66. The number of para-hydroxylation sites is 1. The van der Waals surface area contributed by atoms with E-state index in [2.05, 4.69) is 5.32 Å². The molecule has 0 aromatic heterocycles. The fourth-order valence-electron chi connectivity index (χ4n) is 3.52. The summed E-state index contributed by atoms with van der Waals surface area (Å²) in [6.07, 6.45) is -4.46. The Bertz CT molecular complexity index is 1050. The molecule has 2 amide bonds. The molecular weight excluding hydrogens is 463 g/mol. The first-order valence-corrected chi connectivity index (χ1v) is 11.5. The van der Waals surface area contributed by atoms with Crippen LogP contribution in [0.4, 0.5) is 10.1 Å². The van der Waals surface area contributed by atoms with Crippen LogP contribution in [0, 0.1) is 5.82 Å². The number of hydrogen-bond donors (Lipinski definition) is 4. The molecular formula is C24H27FN2O6S. The standard InChI is InChI=1S/C24H27FN2O6S/c1-27-17-9-5-6-10-19(17)34-13-16(24(27)32)26-23(31)22(33-2)21(30)20(29)18(28)12-11-14-7-3-4-8-15(14)25/h3-12,16,18,20-22,28-30H,13H2,1-2H3,(H,26,31)/t16-,18?,20?,21?,22?/m0/s1. The molecule has 5 atom stereocenters. The number of nitrogens with zero attached hydrogens (tertiary/aromatic N) is 1. The number of fused-ring (bicyclic) bond motifs is 1. The minimum absolute atomic E-state index is 0.179. The van der Waals surface area contributed by atoms with Crippen LogP contribution in [0.2, 0.25) is 0 Å². The van der Waals surface area contributed by atoms with Crippen molar-refractivity contribution in [2.75, 3.05) is 24.8 Å². The van der Waals surface area contributed by atoms with Crippen molar-refractivity contribution in [3.05, 3.63) is 66.0 Å². The molecule has 0 spiro atoms. The summed E-state index contributed by atoms with van der Waals surface area (Å²) in [6.45, 7) is 0. The molecule has 0 saturated heterocycles. The first-order chi connectivity index (χ1) is 16.2. The van der Waals surface area contributed by atoms with Crippen LogP contribution in [0.1, 0.15) is 5.56 Å². The van der Waals surface area contributed by atoms with E-state index in [4.69, 9.17) is 4.74 Å². The minimum atomic E-state index is -1.83. The van der Waals surface area contributed by atoms with E-state index in [1.54, 1.807) is 19.2 Å². The summed E-state index contributed by atoms with van der Waals surface area (Å²) < 4.78 is 18.8. The van der Waals surface area contributed by atoms with Crippen LogP contribution in [0.15, 0.2) is 59.5 Å². The van der Waals surface area contributed by atoms with Crippen LogP contribution in [0.25, 0.3) is 6.08 Å². The lowest BCUT2D eigenvalue weighted by molar-refractivity contribution is -0.150. The normalized spacial score (nSPS) is 19.8. The molecule has 0 saturated carbocycles. The molecule has 34 heavy (non-hydrogen) atoms. The molecule has 1 aliphatic rings. The van der Waals surface area contributed by atoms with Gasteiger partial charge < -0.3 is 30.3 Å². The Morgan fingerprint density at radius 2 is 1.85 bits per heavy atom. The Morgan fingerprint density at radius 1 is 1.18 bits per heavy atom. The highest BCUT2D eigenvalue weighted by molar-refractivity contribution is 7.99. The van der Waals surface area contributed by atoms with Crippen molar-refractivity contribution in [2.45, 2.75) is 35.4 Å². The molecule has 2 aromatic carbocycles. The Labute approximate surface area is 201 Å². The molecule has 10 heteroatoms. The summed E-state index contributed by atoms with van der Waals surface area (Å²) >= 11 is 1.40. The van der Waals surface area contributed by atoms with Crippen LogP contribution >= 0.6 is 11.8 Å². The van der Waals surface area contributed by atoms with Gasteiger partial charge in [0.05, 0.1) is 5.69 Å². The molecule has 0 radical (unpaired) electrons. The number of carbonyl (C=O) groups excluding carboxylic acids is 2. The molecule has 0 aliphatic carbocycles. The van der Waals surface area contributed by atoms with E-state index in [1.165, 1.54) is 40.9 Å². The third-order valence-corrected chi connectivity index (χ3v) is 6.63. The van der Waals surface area contributed by atoms with Gasteiger partial charge in [0.25, 0.3) is 5.91 Å². The predicted molar refractivity (Wildman–Crippen MR) is 127 cm³/mol. The first-order valence-electron chi connectivity index (χ1n) is 10.5. The second-order valence-electron chi connectivity index (χ2n) is 7.75. The van der Waals surface area contributed by atoms with Gasteiger partial charge in [0, 0.05) is 30.4 Å². The van der Waals surface area contributed by atoms with E-state index in [-0.39, 0.29) is 17.2 Å². The molecule has 182 valence electrons. The van der Waals surface area contributed by atoms with E-state index < -0.39 is 42.2 Å². The number of rotatable bonds is 8. The molecule has 3 rings (SSSR count). The van der Waals surface area contributed by atoms with Gasteiger partial charge in [-0.2, -0.15) is 0 Å². The summed E-state index contributed by atoms with van der Waals surface area (Å²) in [5.74, 6) is -1.43. The number of benzene rings is 2. The fraction of sp³-hybridized carbons (Fsp3) is 0.333. The van der Waals surface area contributed by atoms with Crippen LogP contribution in [0.5, 0.6) is 0 Å². The van der Waals surface area contributed by atoms with E-state index in [9.17, 15) is 29.3 Å². The maximum Gasteiger partial charge on any atom is 0.252 e. The number of likely N-dealkylation sites (N-methyl/N-ethyl adjacent to an activating group) is 1. The van der Waals surface area contributed by atoms with Gasteiger partial charge in [-0.1, -0.05) is 42.5 Å². The highest BCUT2D eigenvalue weighted by Gasteiger charge is 2.38. The zero-order chi connectivity index (χ0) is 24.8. The van der Waals surface area contributed by atoms with Gasteiger partial charge in [-0.05, 0) is 18.2 Å². The van der Waals surface area contributed by atoms with Gasteiger partial charge >= 0.3 is 0 Å². The number of thioether (sulfide) groups is 1. The van der Waals surface area contributed by atoms with Gasteiger partial charge in [-0.3, -0.25) is 9.59 Å². The molecule has 2 aromatic rings. The number of methoxy groups -OCH3 is 1. The summed E-state index contributed by atoms with van der Waals surface area (Å²) in [4.78, 5) is 28.1. The second kappa shape index (κ2) is 11.6. The molecule has 1 aliphatic heterocycles. The topological polar surface area (TPSA) is 119 Å². The first kappa shape index (κ1) is 25.9. The van der Waals surface area contributed by atoms with Crippen LogP contribution in [-0.2, 0) is 14.3 Å². The Hall–Kier alpha value is -2.76. The third kappa shape index (κ3) is 5.83. The summed E-state index contributed by atoms with van der Waals surface area (Å²) in [7, 11) is 2.77. The molecule has 1 heterocycles. The van der Waals surface area contributed by atoms with Crippen molar-refractivity contribution in [2.24, 2.45) is 0 Å². The van der Waals surface area contributed by atoms with E-state index in [0.717, 1.165) is 23.8 Å². The van der Waals surface area contributed by atoms with Crippen LogP contribution in [-0.4, -0.2) is 77.5 Å². The quantitative estimate of drug-likeness (QED) is 0.439. The maximum absolute atomic E-state index is 13.7. The Morgan fingerprint density at radius 3 is 2.56 bits per heavy atom. The van der Waals surface area contributed by atoms with Crippen molar-refractivity contribution in [3.8, 4) is 0 Å². The lowest BCUT2D eigenvalue weighted by atomic mass is 10.0. The number of halogens is 1. The molecule has 4 unspecified atom stereocenters. The average molecular weight is 491 g/mol. The highest BCUT2D eigenvalue weighted by atomic mass is 32.2. The smallest absolute Gasteiger partial charge is 0.252 e. The highest BCUT2D eigenvalue weighted by Crippen LogP contribution is 2.33. The number of ether oxygens (including phenoxy) is 1. The molecule has 8 nitrogen and oxygen atoms in total. The average Bonchev–Trinajstić information content (AvgIpc) is 2.95. The van der Waals surface area contributed by atoms with Gasteiger partial charge in [0.2, 0.25) is 5.91 Å². The fourth-order valence-corrected chi connectivity index (χ4v) is 4.62. The number of carbonyl (C=O) groups is 2. The number of amides is 2. The van der Waals surface area contributed by atoms with E-state index in [1.807, 2.05) is 18.2 Å². The number of nitrogens with one attached hydrogen (secondary N) is 1. The van der Waals surface area contributed by atoms with Gasteiger partial charge in [-0.15, -0.1) is 11.8 Å². The van der Waals surface area contributed by atoms with Gasteiger partial charge in [0.1, 0.15) is 30.2 Å². The minimum Gasteiger partial charge on any atom is -0.387 e. The van der Waals surface area contributed by atoms with Gasteiger partial charge in [0.15, 0.2) is 6.10 Å². The number of hydrogen-bond acceptors (Lipinski definition) is 7. The van der Waals surface area contributed by atoms with Crippen molar-refractivity contribution in [3.63, 3.8) is 0 Å². The third-order valence-electron chi connectivity index (χ3n) is 5.48. The summed E-state index contributed by atoms with van der Waals surface area (Å²) in [6, 6.07) is 12.3. The predicted octanol–water partition coefficient (Wildman–Crippen LogP) is 1.19. The molecule has 0 fully saturated rings. The van der Waals surface area contributed by atoms with Crippen molar-refractivity contribution < 1.29 is 34.0 Å². The summed E-state index contributed by atoms with van der Waals surface area (Å²) in [5, 5.41) is 33.7. The lowest BCUT2D eigenvalue weighted by Gasteiger charge is -2.28. The zero-order valence-corrected chi connectivity index (χ0v) is 19.5. The van der Waals surface area contributed by atoms with Crippen molar-refractivity contribution in [1.29, 1.82) is 0 Å². The molecule has 4 N–H and O–H groups in total. The van der Waals surface area contributed by atoms with E-state index in [0.29, 0.717) is 0 Å². The molecule has 0 bridgehead atoms.